The molecular formula is C22H38N2O9. The van der Waals surface area contributed by atoms with Crippen LogP contribution in [0.15, 0.2) is 11.6 Å². The van der Waals surface area contributed by atoms with E-state index in [1.807, 2.05) is 13.8 Å². The molecular weight excluding hydrogens is 436 g/mol. The Bertz CT molecular complexity index is 683. The lowest BCUT2D eigenvalue weighted by molar-refractivity contribution is -0.239. The summed E-state index contributed by atoms with van der Waals surface area (Å²) in [5.74, 6) is -0.829. The van der Waals surface area contributed by atoms with E-state index in [0.29, 0.717) is 5.57 Å². The van der Waals surface area contributed by atoms with Crippen LogP contribution in [0.4, 0.5) is 0 Å². The van der Waals surface area contributed by atoms with Crippen molar-refractivity contribution in [3.8, 4) is 0 Å². The zero-order valence-corrected chi connectivity index (χ0v) is 19.6. The van der Waals surface area contributed by atoms with E-state index in [1.54, 1.807) is 13.0 Å². The summed E-state index contributed by atoms with van der Waals surface area (Å²) in [5, 5.41) is 46.0. The molecule has 0 aromatic rings. The van der Waals surface area contributed by atoms with E-state index in [4.69, 9.17) is 14.2 Å². The Kier molecular flexibility index (Phi) is 10.7. The smallest absolute Gasteiger partial charge is 0.333 e. The molecule has 0 spiro atoms. The minimum Gasteiger partial charge on any atom is -0.463 e. The summed E-state index contributed by atoms with van der Waals surface area (Å²) in [5.41, 5.74) is 0.344. The van der Waals surface area contributed by atoms with Crippen LogP contribution in [0.3, 0.4) is 0 Å². The van der Waals surface area contributed by atoms with Crippen molar-refractivity contribution in [2.24, 2.45) is 0 Å². The molecule has 0 radical (unpaired) electrons. The number of carbonyl (C=O) groups is 2. The molecule has 2 aliphatic rings. The Labute approximate surface area is 194 Å². The standard InChI is InChI=1S/C22H38N2O9/c1-5-13(6-2)32-15-9-12(22(30)31-7-3)8-14(17(15)23-11(4)26)24-21-20(29)19(28)18(27)16(10-25)33-21/h9,13-21,24-25,27-29H,5-8,10H2,1-4H3,(H,23,26)/t14-,15+,16+,17+,18+,19-,20+,21+/m0/s1. The van der Waals surface area contributed by atoms with E-state index in [-0.39, 0.29) is 25.0 Å². The van der Waals surface area contributed by atoms with Gasteiger partial charge >= 0.3 is 5.97 Å². The highest BCUT2D eigenvalue weighted by Gasteiger charge is 2.46. The fraction of sp³-hybridized carbons (Fsp3) is 0.818. The fourth-order valence-electron chi connectivity index (χ4n) is 4.20. The second-order valence-electron chi connectivity index (χ2n) is 8.40. The second kappa shape index (κ2) is 12.7. The number of hydrogen-bond donors (Lipinski definition) is 6. The van der Waals surface area contributed by atoms with Gasteiger partial charge in [0.25, 0.3) is 0 Å². The molecule has 1 aliphatic heterocycles. The number of carbonyl (C=O) groups excluding carboxylic acids is 2. The molecule has 2 rings (SSSR count). The summed E-state index contributed by atoms with van der Waals surface area (Å²) in [7, 11) is 0. The molecule has 1 fully saturated rings. The third-order valence-electron chi connectivity index (χ3n) is 6.03. The molecule has 0 bridgehead atoms. The average molecular weight is 475 g/mol. The summed E-state index contributed by atoms with van der Waals surface area (Å²) in [4.78, 5) is 24.5. The molecule has 6 N–H and O–H groups in total. The van der Waals surface area contributed by atoms with Crippen LogP contribution in [0.1, 0.15) is 47.0 Å². The van der Waals surface area contributed by atoms with Gasteiger partial charge in [0, 0.05) is 18.5 Å². The van der Waals surface area contributed by atoms with E-state index in [9.17, 15) is 30.0 Å². The third kappa shape index (κ3) is 6.95. The minimum absolute atomic E-state index is 0.114. The van der Waals surface area contributed by atoms with Gasteiger partial charge in [-0.1, -0.05) is 13.8 Å². The van der Waals surface area contributed by atoms with Crippen LogP contribution in [0, 0.1) is 0 Å². The number of nitrogens with one attached hydrogen (secondary N) is 2. The van der Waals surface area contributed by atoms with E-state index in [2.05, 4.69) is 10.6 Å². The lowest BCUT2D eigenvalue weighted by atomic mass is 9.86. The van der Waals surface area contributed by atoms with Gasteiger partial charge in [0.05, 0.1) is 31.5 Å². The van der Waals surface area contributed by atoms with Crippen LogP contribution >= 0.6 is 0 Å². The maximum absolute atomic E-state index is 12.5. The minimum atomic E-state index is -1.56. The molecule has 0 saturated carbocycles. The average Bonchev–Trinajstić information content (AvgIpc) is 2.79. The largest absolute Gasteiger partial charge is 0.463 e. The molecule has 0 unspecified atom stereocenters. The first kappa shape index (κ1) is 27.6. The Balaban J connectivity index is 2.36. The molecule has 1 saturated heterocycles. The molecule has 11 heteroatoms. The topological polar surface area (TPSA) is 167 Å². The lowest BCUT2D eigenvalue weighted by Crippen LogP contribution is -2.67. The van der Waals surface area contributed by atoms with Gasteiger partial charge in [0.15, 0.2) is 0 Å². The van der Waals surface area contributed by atoms with Crippen LogP contribution in [0.25, 0.3) is 0 Å². The first-order chi connectivity index (χ1) is 15.7. The van der Waals surface area contributed by atoms with Crippen molar-refractivity contribution in [1.29, 1.82) is 0 Å². The summed E-state index contributed by atoms with van der Waals surface area (Å²) >= 11 is 0. The molecule has 0 aromatic carbocycles. The lowest BCUT2D eigenvalue weighted by Gasteiger charge is -2.44. The molecule has 0 aromatic heterocycles. The summed E-state index contributed by atoms with van der Waals surface area (Å²) < 4.78 is 17.0. The molecule has 190 valence electrons. The normalized spacial score (nSPS) is 34.6. The number of aliphatic hydroxyl groups is 4. The molecule has 11 nitrogen and oxygen atoms in total. The number of hydrogen-bond acceptors (Lipinski definition) is 10. The number of amides is 1. The highest BCUT2D eigenvalue weighted by molar-refractivity contribution is 5.89. The Hall–Kier alpha value is -1.60. The Morgan fingerprint density at radius 1 is 1.15 bits per heavy atom. The first-order valence-electron chi connectivity index (χ1n) is 11.5. The van der Waals surface area contributed by atoms with Crippen LogP contribution in [-0.2, 0) is 23.8 Å². The number of esters is 1. The third-order valence-corrected chi connectivity index (χ3v) is 6.03. The molecule has 1 amide bonds. The van der Waals surface area contributed by atoms with Gasteiger partial charge in [0.2, 0.25) is 5.91 Å². The van der Waals surface area contributed by atoms with E-state index in [1.165, 1.54) is 6.92 Å². The zero-order valence-electron chi connectivity index (χ0n) is 19.6. The van der Waals surface area contributed by atoms with Crippen molar-refractivity contribution in [3.63, 3.8) is 0 Å². The van der Waals surface area contributed by atoms with Crippen molar-refractivity contribution in [2.75, 3.05) is 13.2 Å². The SMILES string of the molecule is CCOC(=O)C1=C[C@@H](OC(CC)CC)[C@H](NC(C)=O)[C@@H](N[C@@H]2O[C@H](CO)[C@@H](O)[C@H](O)[C@H]2O)C1. The maximum atomic E-state index is 12.5. The molecule has 8 atom stereocenters. The second-order valence-corrected chi connectivity index (χ2v) is 8.40. The van der Waals surface area contributed by atoms with E-state index in [0.717, 1.165) is 12.8 Å². The molecule has 1 heterocycles. The van der Waals surface area contributed by atoms with Gasteiger partial charge in [-0.05, 0) is 32.3 Å². The predicted octanol–water partition coefficient (Wildman–Crippen LogP) is -1.28. The van der Waals surface area contributed by atoms with Crippen molar-refractivity contribution in [2.45, 2.75) is 102 Å². The highest BCUT2D eigenvalue weighted by Crippen LogP contribution is 2.27. The first-order valence-corrected chi connectivity index (χ1v) is 11.5. The number of ether oxygens (including phenoxy) is 3. The Morgan fingerprint density at radius 3 is 2.36 bits per heavy atom. The zero-order chi connectivity index (χ0) is 24.7. The maximum Gasteiger partial charge on any atom is 0.333 e. The molecule has 1 aliphatic carbocycles. The predicted molar refractivity (Wildman–Crippen MR) is 117 cm³/mol. The summed E-state index contributed by atoms with van der Waals surface area (Å²) in [6.45, 7) is 6.63. The number of aliphatic hydroxyl groups excluding tert-OH is 4. The Morgan fingerprint density at radius 2 is 1.82 bits per heavy atom. The summed E-state index contributed by atoms with van der Waals surface area (Å²) in [6.07, 6.45) is -4.40. The van der Waals surface area contributed by atoms with Crippen molar-refractivity contribution in [3.05, 3.63) is 11.6 Å². The van der Waals surface area contributed by atoms with Crippen LogP contribution in [-0.4, -0.2) is 100 Å². The van der Waals surface area contributed by atoms with Gasteiger partial charge in [-0.15, -0.1) is 0 Å². The van der Waals surface area contributed by atoms with Crippen LogP contribution in [0.2, 0.25) is 0 Å². The van der Waals surface area contributed by atoms with Gasteiger partial charge < -0.3 is 40.0 Å². The monoisotopic (exact) mass is 474 g/mol. The van der Waals surface area contributed by atoms with Crippen molar-refractivity contribution < 1.29 is 44.2 Å². The van der Waals surface area contributed by atoms with E-state index < -0.39 is 61.4 Å². The van der Waals surface area contributed by atoms with Gasteiger partial charge in [-0.2, -0.15) is 0 Å². The number of rotatable bonds is 10. The quantitative estimate of drug-likeness (QED) is 0.210. The van der Waals surface area contributed by atoms with Gasteiger partial charge in [-0.25, -0.2) is 4.79 Å². The van der Waals surface area contributed by atoms with Crippen molar-refractivity contribution in [1.82, 2.24) is 10.6 Å². The fourth-order valence-corrected chi connectivity index (χ4v) is 4.20. The van der Waals surface area contributed by atoms with Gasteiger partial charge in [0.1, 0.15) is 30.6 Å². The van der Waals surface area contributed by atoms with Crippen LogP contribution < -0.4 is 10.6 Å². The van der Waals surface area contributed by atoms with E-state index >= 15 is 0 Å². The van der Waals surface area contributed by atoms with Crippen molar-refractivity contribution >= 4 is 11.9 Å². The highest BCUT2D eigenvalue weighted by atomic mass is 16.6. The van der Waals surface area contributed by atoms with Gasteiger partial charge in [-0.3, -0.25) is 10.1 Å². The molecule has 33 heavy (non-hydrogen) atoms. The summed E-state index contributed by atoms with van der Waals surface area (Å²) in [6, 6.07) is -1.28. The van der Waals surface area contributed by atoms with Crippen LogP contribution in [0.5, 0.6) is 0 Å².